The van der Waals surface area contributed by atoms with E-state index in [2.05, 4.69) is 0 Å². The number of alkyl halides is 3. The maximum Gasteiger partial charge on any atom is 0.416 e. The van der Waals surface area contributed by atoms with Crippen molar-refractivity contribution >= 4 is 23.5 Å². The number of halogens is 4. The number of anilines is 1. The van der Waals surface area contributed by atoms with Crippen LogP contribution in [-0.2, 0) is 11.0 Å². The number of Topliss-reactive ketones (excluding diaryl/α,β-unsaturated/α-hetero) is 1. The third kappa shape index (κ3) is 5.06. The number of benzene rings is 2. The second kappa shape index (κ2) is 8.69. The molecule has 0 bridgehead atoms. The lowest BCUT2D eigenvalue weighted by atomic mass is 10.1. The van der Waals surface area contributed by atoms with Crippen molar-refractivity contribution in [2.24, 2.45) is 0 Å². The van der Waals surface area contributed by atoms with Gasteiger partial charge in [-0.05, 0) is 48.9 Å². The first kappa shape index (κ1) is 21.5. The fourth-order valence-electron chi connectivity index (χ4n) is 3.24. The van der Waals surface area contributed by atoms with E-state index in [1.54, 1.807) is 21.9 Å². The molecule has 1 aliphatic heterocycles. The van der Waals surface area contributed by atoms with Crippen LogP contribution in [-0.4, -0.2) is 42.8 Å². The Kier molecular flexibility index (Phi) is 6.24. The number of carbonyl (C=O) groups is 2. The minimum Gasteiger partial charge on any atom is -0.366 e. The molecule has 0 atom stereocenters. The third-order valence-electron chi connectivity index (χ3n) is 4.92. The highest BCUT2D eigenvalue weighted by atomic mass is 19.4. The van der Waals surface area contributed by atoms with E-state index in [-0.39, 0.29) is 17.3 Å². The summed E-state index contributed by atoms with van der Waals surface area (Å²) in [7, 11) is 0. The van der Waals surface area contributed by atoms with E-state index < -0.39 is 17.6 Å². The smallest absolute Gasteiger partial charge is 0.366 e. The van der Waals surface area contributed by atoms with Gasteiger partial charge >= 0.3 is 6.18 Å². The molecular formula is C22H20F4N2O2. The topological polar surface area (TPSA) is 40.6 Å². The molecule has 4 nitrogen and oxygen atoms in total. The second-order valence-electron chi connectivity index (χ2n) is 6.99. The average Bonchev–Trinajstić information content (AvgIpc) is 2.71. The molecule has 1 heterocycles. The lowest BCUT2D eigenvalue weighted by molar-refractivity contribution is -0.137. The van der Waals surface area contributed by atoms with E-state index in [0.717, 1.165) is 12.1 Å². The second-order valence-corrected chi connectivity index (χ2v) is 6.99. The largest absolute Gasteiger partial charge is 0.416 e. The molecule has 1 fully saturated rings. The van der Waals surface area contributed by atoms with Crippen molar-refractivity contribution in [3.05, 3.63) is 71.0 Å². The van der Waals surface area contributed by atoms with Crippen LogP contribution in [0.4, 0.5) is 23.2 Å². The Bertz CT molecular complexity index is 977. The zero-order chi connectivity index (χ0) is 21.9. The van der Waals surface area contributed by atoms with Gasteiger partial charge in [0.15, 0.2) is 5.78 Å². The van der Waals surface area contributed by atoms with Crippen LogP contribution >= 0.6 is 0 Å². The normalized spacial score (nSPS) is 15.0. The average molecular weight is 420 g/mol. The molecule has 8 heteroatoms. The monoisotopic (exact) mass is 420 g/mol. The lowest BCUT2D eigenvalue weighted by Crippen LogP contribution is -2.48. The molecule has 0 spiro atoms. The van der Waals surface area contributed by atoms with Gasteiger partial charge in [-0.3, -0.25) is 9.59 Å². The van der Waals surface area contributed by atoms with Gasteiger partial charge in [-0.2, -0.15) is 13.2 Å². The molecule has 2 aromatic rings. The Morgan fingerprint density at radius 2 is 1.70 bits per heavy atom. The number of hydrogen-bond donors (Lipinski definition) is 0. The lowest BCUT2D eigenvalue weighted by Gasteiger charge is -2.35. The number of carbonyl (C=O) groups excluding carboxylic acids is 2. The van der Waals surface area contributed by atoms with Gasteiger partial charge in [0.1, 0.15) is 5.82 Å². The van der Waals surface area contributed by atoms with E-state index in [1.807, 2.05) is 0 Å². The van der Waals surface area contributed by atoms with Crippen LogP contribution < -0.4 is 4.90 Å². The summed E-state index contributed by atoms with van der Waals surface area (Å²) in [4.78, 5) is 27.1. The molecule has 0 aliphatic carbocycles. The summed E-state index contributed by atoms with van der Waals surface area (Å²) in [5, 5.41) is 0. The summed E-state index contributed by atoms with van der Waals surface area (Å²) < 4.78 is 52.6. The van der Waals surface area contributed by atoms with Crippen LogP contribution in [0.3, 0.4) is 0 Å². The summed E-state index contributed by atoms with van der Waals surface area (Å²) in [6.45, 7) is 2.87. The summed E-state index contributed by atoms with van der Waals surface area (Å²) >= 11 is 0. The van der Waals surface area contributed by atoms with Gasteiger partial charge in [-0.1, -0.05) is 12.1 Å². The maximum absolute atomic E-state index is 14.3. The predicted octanol–water partition coefficient (Wildman–Crippen LogP) is 4.41. The molecule has 2 aromatic carbocycles. The van der Waals surface area contributed by atoms with Gasteiger partial charge in [0.05, 0.1) is 11.3 Å². The van der Waals surface area contributed by atoms with Crippen LogP contribution in [0.15, 0.2) is 48.5 Å². The fraction of sp³-hybridized carbons (Fsp3) is 0.273. The van der Waals surface area contributed by atoms with E-state index in [1.165, 1.54) is 37.3 Å². The molecule has 0 radical (unpaired) electrons. The van der Waals surface area contributed by atoms with Crippen molar-refractivity contribution in [1.29, 1.82) is 0 Å². The van der Waals surface area contributed by atoms with Gasteiger partial charge in [0.25, 0.3) is 0 Å². The SMILES string of the molecule is CC(=O)c1ccc(N2CCN(C(=O)/C=C/c3cccc(C(F)(F)F)c3)CC2)c(F)c1. The summed E-state index contributed by atoms with van der Waals surface area (Å²) in [5.41, 5.74) is 0.171. The van der Waals surface area contributed by atoms with E-state index in [9.17, 15) is 27.2 Å². The molecule has 1 aliphatic rings. The number of amides is 1. The van der Waals surface area contributed by atoms with Gasteiger partial charge in [-0.25, -0.2) is 4.39 Å². The van der Waals surface area contributed by atoms with Crippen molar-refractivity contribution in [1.82, 2.24) is 4.90 Å². The van der Waals surface area contributed by atoms with Gasteiger partial charge in [0, 0.05) is 37.8 Å². The molecule has 0 aromatic heterocycles. The number of hydrogen-bond acceptors (Lipinski definition) is 3. The zero-order valence-corrected chi connectivity index (χ0v) is 16.2. The summed E-state index contributed by atoms with van der Waals surface area (Å²) in [5.74, 6) is -1.03. The predicted molar refractivity (Wildman–Crippen MR) is 106 cm³/mol. The number of rotatable bonds is 4. The van der Waals surface area contributed by atoms with Gasteiger partial charge in [-0.15, -0.1) is 0 Å². The quantitative estimate of drug-likeness (QED) is 0.418. The minimum absolute atomic E-state index is 0.219. The number of piperazine rings is 1. The summed E-state index contributed by atoms with van der Waals surface area (Å²) in [6.07, 6.45) is -1.85. The number of ketones is 1. The molecule has 158 valence electrons. The zero-order valence-electron chi connectivity index (χ0n) is 16.2. The molecule has 1 amide bonds. The fourth-order valence-corrected chi connectivity index (χ4v) is 3.24. The molecule has 3 rings (SSSR count). The van der Waals surface area contributed by atoms with Crippen molar-refractivity contribution in [2.75, 3.05) is 31.1 Å². The van der Waals surface area contributed by atoms with Crippen molar-refractivity contribution < 1.29 is 27.2 Å². The van der Waals surface area contributed by atoms with Crippen molar-refractivity contribution in [3.8, 4) is 0 Å². The molecule has 30 heavy (non-hydrogen) atoms. The molecule has 0 N–H and O–H groups in total. The van der Waals surface area contributed by atoms with Gasteiger partial charge in [0.2, 0.25) is 5.91 Å². The van der Waals surface area contributed by atoms with Crippen LogP contribution in [0.5, 0.6) is 0 Å². The Morgan fingerprint density at radius 1 is 1.00 bits per heavy atom. The Balaban J connectivity index is 1.61. The first-order valence-corrected chi connectivity index (χ1v) is 9.35. The van der Waals surface area contributed by atoms with Crippen LogP contribution in [0, 0.1) is 5.82 Å². The standard InChI is InChI=1S/C22H20F4N2O2/c1-15(29)17-6-7-20(19(23)14-17)27-9-11-28(12-10-27)21(30)8-5-16-3-2-4-18(13-16)22(24,25)26/h2-8,13-14H,9-12H2,1H3/b8-5+. The van der Waals surface area contributed by atoms with Crippen molar-refractivity contribution in [2.45, 2.75) is 13.1 Å². The maximum atomic E-state index is 14.3. The molecule has 0 unspecified atom stereocenters. The van der Waals surface area contributed by atoms with Crippen LogP contribution in [0.25, 0.3) is 6.08 Å². The molecule has 1 saturated heterocycles. The van der Waals surface area contributed by atoms with E-state index in [4.69, 9.17) is 0 Å². The van der Waals surface area contributed by atoms with E-state index in [0.29, 0.717) is 37.4 Å². The third-order valence-corrected chi connectivity index (χ3v) is 4.92. The van der Waals surface area contributed by atoms with Gasteiger partial charge < -0.3 is 9.80 Å². The van der Waals surface area contributed by atoms with Crippen molar-refractivity contribution in [3.63, 3.8) is 0 Å². The van der Waals surface area contributed by atoms with Crippen LogP contribution in [0.1, 0.15) is 28.4 Å². The van der Waals surface area contributed by atoms with E-state index >= 15 is 0 Å². The Labute approximate surface area is 171 Å². The Hall–Kier alpha value is -3.16. The first-order valence-electron chi connectivity index (χ1n) is 9.35. The molecular weight excluding hydrogens is 400 g/mol. The van der Waals surface area contributed by atoms with Crippen LogP contribution in [0.2, 0.25) is 0 Å². The molecule has 0 saturated carbocycles. The Morgan fingerprint density at radius 3 is 2.30 bits per heavy atom. The summed E-state index contributed by atoms with van der Waals surface area (Å²) in [6, 6.07) is 9.05. The highest BCUT2D eigenvalue weighted by Crippen LogP contribution is 2.29. The minimum atomic E-state index is -4.44. The first-order chi connectivity index (χ1) is 14.1. The highest BCUT2D eigenvalue weighted by molar-refractivity contribution is 5.94. The number of nitrogens with zero attached hydrogens (tertiary/aromatic N) is 2. The highest BCUT2D eigenvalue weighted by Gasteiger charge is 2.30.